The Morgan fingerprint density at radius 2 is 1.70 bits per heavy atom. The van der Waals surface area contributed by atoms with Crippen LogP contribution in [0, 0.1) is 0 Å². The van der Waals surface area contributed by atoms with Crippen molar-refractivity contribution in [3.05, 3.63) is 101 Å². The van der Waals surface area contributed by atoms with Gasteiger partial charge in [0.05, 0.1) is 22.5 Å². The molecule has 0 unspecified atom stereocenters. The van der Waals surface area contributed by atoms with Crippen molar-refractivity contribution in [3.63, 3.8) is 0 Å². The lowest BCUT2D eigenvalue weighted by atomic mass is 10.0. The van der Waals surface area contributed by atoms with Gasteiger partial charge in [-0.3, -0.25) is 4.79 Å². The molecule has 3 aromatic carbocycles. The molecular formula is C27H24N2O4. The summed E-state index contributed by atoms with van der Waals surface area (Å²) >= 11 is 0. The van der Waals surface area contributed by atoms with Crippen molar-refractivity contribution in [2.75, 3.05) is 5.01 Å². The lowest BCUT2D eigenvalue weighted by Gasteiger charge is -2.11. The minimum absolute atomic E-state index is 0.161. The highest BCUT2D eigenvalue weighted by Crippen LogP contribution is 2.27. The van der Waals surface area contributed by atoms with Gasteiger partial charge in [-0.1, -0.05) is 55.8 Å². The van der Waals surface area contributed by atoms with Crippen molar-refractivity contribution < 1.29 is 19.4 Å². The predicted octanol–water partition coefficient (Wildman–Crippen LogP) is 5.55. The van der Waals surface area contributed by atoms with Gasteiger partial charge in [0.15, 0.2) is 0 Å². The Hall–Kier alpha value is -4.19. The molecule has 6 heteroatoms. The summed E-state index contributed by atoms with van der Waals surface area (Å²) in [4.78, 5) is 24.2. The highest BCUT2D eigenvalue weighted by Gasteiger charge is 2.30. The molecule has 1 heterocycles. The van der Waals surface area contributed by atoms with Gasteiger partial charge in [-0.15, -0.1) is 0 Å². The first-order valence-corrected chi connectivity index (χ1v) is 10.8. The summed E-state index contributed by atoms with van der Waals surface area (Å²) in [7, 11) is 0. The zero-order chi connectivity index (χ0) is 23.2. The fraction of sp³-hybridized carbons (Fsp3) is 0.148. The number of anilines is 1. The number of benzene rings is 3. The molecule has 6 nitrogen and oxygen atoms in total. The van der Waals surface area contributed by atoms with E-state index in [1.807, 2.05) is 67.6 Å². The van der Waals surface area contributed by atoms with Gasteiger partial charge in [0.1, 0.15) is 12.4 Å². The van der Waals surface area contributed by atoms with E-state index < -0.39 is 5.97 Å². The van der Waals surface area contributed by atoms with Gasteiger partial charge in [-0.25, -0.2) is 4.79 Å². The molecule has 1 aliphatic rings. The summed E-state index contributed by atoms with van der Waals surface area (Å²) in [6.45, 7) is 2.52. The molecule has 0 radical (unpaired) electrons. The number of nitrogens with zero attached hydrogens (tertiary/aromatic N) is 2. The first kappa shape index (κ1) is 22.0. The molecule has 4 rings (SSSR count). The topological polar surface area (TPSA) is 79.2 Å². The Balaban J connectivity index is 1.51. The van der Waals surface area contributed by atoms with E-state index in [0.717, 1.165) is 23.3 Å². The molecular weight excluding hydrogens is 416 g/mol. The molecule has 0 atom stereocenters. The van der Waals surface area contributed by atoms with E-state index in [1.54, 1.807) is 12.1 Å². The van der Waals surface area contributed by atoms with Gasteiger partial charge in [0.2, 0.25) is 0 Å². The molecule has 0 spiro atoms. The van der Waals surface area contributed by atoms with Crippen molar-refractivity contribution >= 4 is 29.4 Å². The minimum Gasteiger partial charge on any atom is -0.489 e. The van der Waals surface area contributed by atoms with Crippen molar-refractivity contribution in [3.8, 4) is 5.75 Å². The summed E-state index contributed by atoms with van der Waals surface area (Å²) in [6, 6.07) is 23.7. The fourth-order valence-corrected chi connectivity index (χ4v) is 3.51. The third-order valence-corrected chi connectivity index (χ3v) is 5.24. The Bertz CT molecular complexity index is 1200. The largest absolute Gasteiger partial charge is 0.489 e. The number of amides is 1. The molecule has 0 aliphatic carbocycles. The maximum absolute atomic E-state index is 13.1. The molecule has 1 N–H and O–H groups in total. The molecule has 0 saturated carbocycles. The van der Waals surface area contributed by atoms with Crippen LogP contribution < -0.4 is 9.75 Å². The number of carboxylic acids is 1. The first-order valence-electron chi connectivity index (χ1n) is 10.8. The third kappa shape index (κ3) is 5.18. The van der Waals surface area contributed by atoms with Crippen LogP contribution in [0.25, 0.3) is 6.08 Å². The summed E-state index contributed by atoms with van der Waals surface area (Å²) in [5.41, 5.74) is 3.92. The number of hydrogen-bond acceptors (Lipinski definition) is 4. The average Bonchev–Trinajstić information content (AvgIpc) is 3.14. The number of carbonyl (C=O) groups excluding carboxylic acids is 1. The van der Waals surface area contributed by atoms with Gasteiger partial charge in [0.25, 0.3) is 5.91 Å². The van der Waals surface area contributed by atoms with Crippen molar-refractivity contribution in [1.82, 2.24) is 0 Å². The first-order chi connectivity index (χ1) is 16.0. The standard InChI is InChI=1S/C27H24N2O4/c1-2-6-25-24(26(30)29(28-25)22-13-11-21(12-14-22)27(31)32)17-19-9-15-23(16-10-19)33-18-20-7-4-3-5-8-20/h3-5,7-17H,2,6,18H2,1H3,(H,31,32)/b24-17+. The lowest BCUT2D eigenvalue weighted by molar-refractivity contribution is -0.114. The zero-order valence-corrected chi connectivity index (χ0v) is 18.3. The SMILES string of the molecule is CCCC1=NN(c2ccc(C(=O)O)cc2)C(=O)/C1=C/c1ccc(OCc2ccccc2)cc1. The van der Waals surface area contributed by atoms with E-state index >= 15 is 0 Å². The summed E-state index contributed by atoms with van der Waals surface area (Å²) in [6.07, 6.45) is 3.35. The maximum atomic E-state index is 13.1. The number of carbonyl (C=O) groups is 2. The third-order valence-electron chi connectivity index (χ3n) is 5.24. The molecule has 0 bridgehead atoms. The smallest absolute Gasteiger partial charge is 0.335 e. The van der Waals surface area contributed by atoms with Crippen molar-refractivity contribution in [2.45, 2.75) is 26.4 Å². The Morgan fingerprint density at radius 1 is 1.00 bits per heavy atom. The number of ether oxygens (including phenoxy) is 1. The monoisotopic (exact) mass is 440 g/mol. The van der Waals surface area contributed by atoms with Crippen LogP contribution in [0.15, 0.2) is 89.5 Å². The predicted molar refractivity (Wildman–Crippen MR) is 128 cm³/mol. The van der Waals surface area contributed by atoms with Crippen LogP contribution in [0.1, 0.15) is 41.3 Å². The minimum atomic E-state index is -1.01. The number of rotatable bonds is 8. The van der Waals surface area contributed by atoms with Crippen LogP contribution in [-0.2, 0) is 11.4 Å². The van der Waals surface area contributed by atoms with Gasteiger partial charge in [-0.2, -0.15) is 10.1 Å². The van der Waals surface area contributed by atoms with Crippen LogP contribution in [0.2, 0.25) is 0 Å². The lowest BCUT2D eigenvalue weighted by Crippen LogP contribution is -2.21. The van der Waals surface area contributed by atoms with E-state index in [0.29, 0.717) is 30.0 Å². The summed E-state index contributed by atoms with van der Waals surface area (Å²) in [5, 5.41) is 15.0. The highest BCUT2D eigenvalue weighted by molar-refractivity contribution is 6.32. The molecule has 33 heavy (non-hydrogen) atoms. The molecule has 1 amide bonds. The summed E-state index contributed by atoms with van der Waals surface area (Å²) in [5.74, 6) is -0.492. The molecule has 0 aromatic heterocycles. The molecule has 1 aliphatic heterocycles. The van der Waals surface area contributed by atoms with E-state index in [9.17, 15) is 9.59 Å². The number of carboxylic acid groups (broad SMARTS) is 1. The number of hydrogen-bond donors (Lipinski definition) is 1. The normalized spacial score (nSPS) is 14.5. The zero-order valence-electron chi connectivity index (χ0n) is 18.3. The highest BCUT2D eigenvalue weighted by atomic mass is 16.5. The van der Waals surface area contributed by atoms with Crippen LogP contribution in [0.5, 0.6) is 5.75 Å². The van der Waals surface area contributed by atoms with Crippen LogP contribution in [-0.4, -0.2) is 22.7 Å². The molecule has 0 fully saturated rings. The van der Waals surface area contributed by atoms with E-state index in [2.05, 4.69) is 5.10 Å². The average molecular weight is 440 g/mol. The fourth-order valence-electron chi connectivity index (χ4n) is 3.51. The van der Waals surface area contributed by atoms with Gasteiger partial charge >= 0.3 is 5.97 Å². The maximum Gasteiger partial charge on any atom is 0.335 e. The Kier molecular flexibility index (Phi) is 6.64. The van der Waals surface area contributed by atoms with Crippen LogP contribution >= 0.6 is 0 Å². The molecule has 0 saturated heterocycles. The Labute approximate surface area is 192 Å². The second-order valence-electron chi connectivity index (χ2n) is 7.67. The van der Waals surface area contributed by atoms with Gasteiger partial charge in [0, 0.05) is 0 Å². The molecule has 3 aromatic rings. The van der Waals surface area contributed by atoms with Crippen LogP contribution in [0.3, 0.4) is 0 Å². The number of hydrazone groups is 1. The second-order valence-corrected chi connectivity index (χ2v) is 7.67. The van der Waals surface area contributed by atoms with E-state index in [-0.39, 0.29) is 11.5 Å². The summed E-state index contributed by atoms with van der Waals surface area (Å²) < 4.78 is 5.84. The Morgan fingerprint density at radius 3 is 2.33 bits per heavy atom. The quantitative estimate of drug-likeness (QED) is 0.466. The van der Waals surface area contributed by atoms with E-state index in [1.165, 1.54) is 17.1 Å². The van der Waals surface area contributed by atoms with E-state index in [4.69, 9.17) is 9.84 Å². The van der Waals surface area contributed by atoms with Gasteiger partial charge < -0.3 is 9.84 Å². The number of aromatic carboxylic acids is 1. The van der Waals surface area contributed by atoms with Crippen molar-refractivity contribution in [1.29, 1.82) is 0 Å². The van der Waals surface area contributed by atoms with Crippen molar-refractivity contribution in [2.24, 2.45) is 5.10 Å². The molecule has 166 valence electrons. The van der Waals surface area contributed by atoms with Gasteiger partial charge in [-0.05, 0) is 60.0 Å². The second kappa shape index (κ2) is 9.96. The van der Waals surface area contributed by atoms with Crippen LogP contribution in [0.4, 0.5) is 5.69 Å².